The zero-order chi connectivity index (χ0) is 34.5. The zero-order valence-corrected chi connectivity index (χ0v) is 18.1. The Balaban J connectivity index is 1.87. The summed E-state index contributed by atoms with van der Waals surface area (Å²) in [6.07, 6.45) is 0. The number of fused-ring (bicyclic) bond motifs is 3. The molecule has 0 N–H and O–H groups in total. The second-order valence-electron chi connectivity index (χ2n) is 7.85. The van der Waals surface area contributed by atoms with Crippen LogP contribution in [0.3, 0.4) is 0 Å². The van der Waals surface area contributed by atoms with E-state index in [-0.39, 0.29) is 44.2 Å². The molecule has 35 heavy (non-hydrogen) atoms. The summed E-state index contributed by atoms with van der Waals surface area (Å²) in [5.41, 5.74) is 0.791. The molecular weight excluding hydrogens is 424 g/mol. The molecule has 0 atom stereocenters. The van der Waals surface area contributed by atoms with Gasteiger partial charge in [-0.1, -0.05) is 109 Å². The second-order valence-corrected chi connectivity index (χ2v) is 7.85. The van der Waals surface area contributed by atoms with Gasteiger partial charge in [-0.3, -0.25) is 4.57 Å². The van der Waals surface area contributed by atoms with Crippen LogP contribution in [0.15, 0.2) is 133 Å². The van der Waals surface area contributed by atoms with Crippen molar-refractivity contribution in [1.82, 2.24) is 9.55 Å². The van der Waals surface area contributed by atoms with Crippen LogP contribution < -0.4 is 0 Å². The summed E-state index contributed by atoms with van der Waals surface area (Å²) < 4.78 is 115. The van der Waals surface area contributed by atoms with Crippen LogP contribution in [0.2, 0.25) is 0 Å². The molecule has 0 saturated heterocycles. The largest absolute Gasteiger partial charge is 0.292 e. The third-order valence-electron chi connectivity index (χ3n) is 5.93. The molecule has 0 radical (unpaired) electrons. The van der Waals surface area contributed by atoms with Gasteiger partial charge in [0.2, 0.25) is 0 Å². The number of para-hydroxylation sites is 3. The number of hydrogen-bond acceptors (Lipinski definition) is 1. The summed E-state index contributed by atoms with van der Waals surface area (Å²) in [5, 5.41) is -0.276. The molecule has 7 aromatic rings. The molecule has 0 aliphatic rings. The first kappa shape index (κ1) is 10.7. The molecule has 0 unspecified atom stereocenters. The maximum Gasteiger partial charge on any atom is 0.146 e. The van der Waals surface area contributed by atoms with E-state index in [2.05, 4.69) is 0 Å². The Morgan fingerprint density at radius 2 is 1.09 bits per heavy atom. The van der Waals surface area contributed by atoms with Crippen molar-refractivity contribution in [2.45, 2.75) is 0 Å². The lowest BCUT2D eigenvalue weighted by Crippen LogP contribution is -1.99. The first-order valence-electron chi connectivity index (χ1n) is 17.4. The summed E-state index contributed by atoms with van der Waals surface area (Å²) in [5.74, 6) is -0.139. The summed E-state index contributed by atoms with van der Waals surface area (Å²) in [6.45, 7) is 0. The first-order chi connectivity index (χ1) is 22.8. The van der Waals surface area contributed by atoms with Gasteiger partial charge >= 0.3 is 0 Å². The second kappa shape index (κ2) is 7.96. The Kier molecular flexibility index (Phi) is 2.44. The lowest BCUT2D eigenvalue weighted by molar-refractivity contribution is 1.11. The van der Waals surface area contributed by atoms with Crippen molar-refractivity contribution < 1.29 is 17.8 Å². The highest BCUT2D eigenvalue weighted by Gasteiger charge is 2.21. The average molecular weight is 460 g/mol. The smallest absolute Gasteiger partial charge is 0.146 e. The zero-order valence-electron chi connectivity index (χ0n) is 31.1. The van der Waals surface area contributed by atoms with Gasteiger partial charge in [0.15, 0.2) is 0 Å². The van der Waals surface area contributed by atoms with Gasteiger partial charge < -0.3 is 0 Å². The molecule has 0 amide bonds. The first-order valence-corrected chi connectivity index (χ1v) is 10.9. The minimum Gasteiger partial charge on any atom is -0.292 e. The number of imidazole rings is 1. The van der Waals surface area contributed by atoms with Gasteiger partial charge in [0.25, 0.3) is 0 Å². The van der Waals surface area contributed by atoms with E-state index in [0.717, 1.165) is 0 Å². The molecule has 1 aromatic heterocycles. The Bertz CT molecular complexity index is 2430. The van der Waals surface area contributed by atoms with Crippen molar-refractivity contribution in [3.63, 3.8) is 0 Å². The van der Waals surface area contributed by atoms with Crippen molar-refractivity contribution in [3.05, 3.63) is 133 Å². The van der Waals surface area contributed by atoms with Crippen molar-refractivity contribution in [3.8, 4) is 28.2 Å². The van der Waals surface area contributed by atoms with Gasteiger partial charge in [-0.2, -0.15) is 0 Å². The van der Waals surface area contributed by atoms with Crippen LogP contribution in [0.25, 0.3) is 60.8 Å². The van der Waals surface area contributed by atoms with Crippen molar-refractivity contribution >= 4 is 32.6 Å². The predicted octanol–water partition coefficient (Wildman–Crippen LogP) is 8.67. The molecular formula is C33H22N2. The molecule has 7 rings (SSSR count). The highest BCUT2D eigenvalue weighted by atomic mass is 15.1. The fourth-order valence-electron chi connectivity index (χ4n) is 4.52. The van der Waals surface area contributed by atoms with E-state index >= 15 is 0 Å². The molecule has 0 bridgehead atoms. The monoisotopic (exact) mass is 459 g/mol. The lowest BCUT2D eigenvalue weighted by atomic mass is 9.88. The highest BCUT2D eigenvalue weighted by Crippen LogP contribution is 2.44. The van der Waals surface area contributed by atoms with Gasteiger partial charge in [0, 0.05) is 11.3 Å². The van der Waals surface area contributed by atoms with Crippen LogP contribution in [-0.4, -0.2) is 9.55 Å². The standard InChI is InChI=1S/C33H22N2/c1-3-13-23(14-4-1)31-25-17-7-9-19-27(25)32(28-20-10-8-18-26(28)31)33-34-29-21-11-12-22-30(29)35(33)24-15-5-2-6-16-24/h1-22H/i2D,5D,6D,7D,8D,9D,10D,15D,16D,17D,18D,19D,20D. The van der Waals surface area contributed by atoms with Crippen LogP contribution in [-0.2, 0) is 0 Å². The van der Waals surface area contributed by atoms with Crippen LogP contribution in [0.4, 0.5) is 0 Å². The predicted molar refractivity (Wildman–Crippen MR) is 147 cm³/mol. The van der Waals surface area contributed by atoms with E-state index in [4.69, 9.17) is 20.1 Å². The lowest BCUT2D eigenvalue weighted by Gasteiger charge is -2.18. The normalized spacial score (nSPS) is 16.6. The SMILES string of the molecule is [2H]c1c([2H])c([2H])c(-n2c(-c3c4c([2H])c([2H])c([2H])c([2H])c4c(-c4ccccc4)c4c([2H])c([2H])c([2H])c([2H])c34)nc3ccccc32)c([2H])c1[2H]. The Hall–Kier alpha value is -4.69. The number of aromatic nitrogens is 2. The van der Waals surface area contributed by atoms with Gasteiger partial charge in [-0.15, -0.1) is 0 Å². The van der Waals surface area contributed by atoms with Crippen LogP contribution in [0.5, 0.6) is 0 Å². The Morgan fingerprint density at radius 1 is 0.543 bits per heavy atom. The third kappa shape index (κ3) is 3.08. The molecule has 1 heterocycles. The van der Waals surface area contributed by atoms with E-state index in [0.29, 0.717) is 16.6 Å². The number of hydrogen-bond donors (Lipinski definition) is 0. The molecule has 2 nitrogen and oxygen atoms in total. The minimum atomic E-state index is -0.619. The van der Waals surface area contributed by atoms with Crippen molar-refractivity contribution in [2.24, 2.45) is 0 Å². The quantitative estimate of drug-likeness (QED) is 0.242. The van der Waals surface area contributed by atoms with Gasteiger partial charge in [-0.25, -0.2) is 4.98 Å². The number of nitrogens with zero attached hydrogens (tertiary/aromatic N) is 2. The van der Waals surface area contributed by atoms with Crippen LogP contribution in [0, 0.1) is 0 Å². The molecule has 0 spiro atoms. The summed E-state index contributed by atoms with van der Waals surface area (Å²) in [4.78, 5) is 4.79. The number of benzene rings is 6. The molecule has 0 fully saturated rings. The van der Waals surface area contributed by atoms with E-state index in [1.165, 1.54) is 4.57 Å². The third-order valence-corrected chi connectivity index (χ3v) is 5.93. The van der Waals surface area contributed by atoms with E-state index in [1.807, 2.05) is 0 Å². The molecule has 2 heteroatoms. The van der Waals surface area contributed by atoms with Gasteiger partial charge in [0.1, 0.15) is 5.82 Å². The van der Waals surface area contributed by atoms with Crippen LogP contribution in [0.1, 0.15) is 17.8 Å². The maximum absolute atomic E-state index is 9.18. The molecule has 0 aliphatic carbocycles. The van der Waals surface area contributed by atoms with E-state index in [1.54, 1.807) is 54.6 Å². The van der Waals surface area contributed by atoms with Gasteiger partial charge in [0.05, 0.1) is 28.9 Å². The Morgan fingerprint density at radius 3 is 1.74 bits per heavy atom. The fourth-order valence-corrected chi connectivity index (χ4v) is 4.52. The molecule has 0 saturated carbocycles. The number of rotatable bonds is 3. The Labute approximate surface area is 222 Å². The fraction of sp³-hybridized carbons (Fsp3) is 0. The summed E-state index contributed by atoms with van der Waals surface area (Å²) in [6, 6.07) is 7.86. The van der Waals surface area contributed by atoms with Crippen molar-refractivity contribution in [1.29, 1.82) is 0 Å². The van der Waals surface area contributed by atoms with E-state index in [9.17, 15) is 2.74 Å². The molecule has 164 valence electrons. The highest BCUT2D eigenvalue weighted by molar-refractivity contribution is 6.21. The minimum absolute atomic E-state index is 0.0283. The molecule has 6 aromatic carbocycles. The molecule has 0 aliphatic heterocycles. The topological polar surface area (TPSA) is 17.8 Å². The average Bonchev–Trinajstić information content (AvgIpc) is 3.47. The maximum atomic E-state index is 9.18. The summed E-state index contributed by atoms with van der Waals surface area (Å²) >= 11 is 0. The summed E-state index contributed by atoms with van der Waals surface area (Å²) in [7, 11) is 0. The van der Waals surface area contributed by atoms with Crippen LogP contribution >= 0.6 is 0 Å². The van der Waals surface area contributed by atoms with Gasteiger partial charge in [-0.05, 0) is 56.9 Å². The van der Waals surface area contributed by atoms with Crippen molar-refractivity contribution in [2.75, 3.05) is 0 Å². The van der Waals surface area contributed by atoms with E-state index < -0.39 is 78.6 Å².